The van der Waals surface area contributed by atoms with Crippen molar-refractivity contribution in [2.75, 3.05) is 12.4 Å². The molecule has 0 atom stereocenters. The molecule has 2 rings (SSSR count). The number of nitrogens with one attached hydrogen (secondary N) is 1. The minimum absolute atomic E-state index is 0.0929. The van der Waals surface area contributed by atoms with Crippen molar-refractivity contribution in [3.05, 3.63) is 44.8 Å². The lowest BCUT2D eigenvalue weighted by atomic mass is 10.2. The molecule has 0 saturated carbocycles. The molecule has 6 nitrogen and oxygen atoms in total. The van der Waals surface area contributed by atoms with Gasteiger partial charge in [0.25, 0.3) is 5.69 Å². The largest absolute Gasteiger partial charge is 0.496 e. The molecular weight excluding hydrogens is 290 g/mol. The zero-order chi connectivity index (χ0) is 15.4. The lowest BCUT2D eigenvalue weighted by Crippen LogP contribution is -1.97. The van der Waals surface area contributed by atoms with Gasteiger partial charge in [-0.3, -0.25) is 10.1 Å². The summed E-state index contributed by atoms with van der Waals surface area (Å²) in [6.45, 7) is 1.99. The van der Waals surface area contributed by atoms with Crippen LogP contribution in [0.4, 0.5) is 16.4 Å². The lowest BCUT2D eigenvalue weighted by Gasteiger charge is -2.07. The van der Waals surface area contributed by atoms with Crippen molar-refractivity contribution >= 4 is 27.7 Å². The fraction of sp³-hybridized carbons (Fsp3) is 0.214. The summed E-state index contributed by atoms with van der Waals surface area (Å²) < 4.78 is 4.99. The predicted molar refractivity (Wildman–Crippen MR) is 81.3 cm³/mol. The Morgan fingerprint density at radius 3 is 2.81 bits per heavy atom. The fourth-order valence-corrected chi connectivity index (χ4v) is 2.77. The molecule has 0 unspecified atom stereocenters. The molecule has 0 radical (unpaired) electrons. The van der Waals surface area contributed by atoms with E-state index in [0.717, 1.165) is 11.3 Å². The minimum Gasteiger partial charge on any atom is -0.496 e. The molecule has 1 aromatic heterocycles. The molecule has 7 heteroatoms. The third kappa shape index (κ3) is 3.12. The van der Waals surface area contributed by atoms with Crippen LogP contribution in [0.15, 0.2) is 24.3 Å². The van der Waals surface area contributed by atoms with Gasteiger partial charge in [-0.2, -0.15) is 5.26 Å². The molecule has 1 N–H and O–H groups in total. The standard InChI is InChI=1S/C14H13N3O3S/c1-3-11-6-9(8-15)14(21-11)16-12-5-4-10(20-2)7-13(12)17(18)19/h4-7,16H,3H2,1-2H3. The molecule has 0 fully saturated rings. The van der Waals surface area contributed by atoms with Crippen molar-refractivity contribution in [3.63, 3.8) is 0 Å². The highest BCUT2D eigenvalue weighted by Gasteiger charge is 2.17. The van der Waals surface area contributed by atoms with Crippen molar-refractivity contribution in [2.45, 2.75) is 13.3 Å². The number of thiophene rings is 1. The van der Waals surface area contributed by atoms with E-state index in [1.165, 1.54) is 24.5 Å². The van der Waals surface area contributed by atoms with Gasteiger partial charge in [0.15, 0.2) is 0 Å². The van der Waals surface area contributed by atoms with E-state index in [1.54, 1.807) is 18.2 Å². The average Bonchev–Trinajstić information content (AvgIpc) is 2.89. The van der Waals surface area contributed by atoms with Crippen molar-refractivity contribution in [2.24, 2.45) is 0 Å². The third-order valence-corrected chi connectivity index (χ3v) is 4.10. The molecule has 0 aliphatic carbocycles. The smallest absolute Gasteiger partial charge is 0.296 e. The SMILES string of the molecule is CCc1cc(C#N)c(Nc2ccc(OC)cc2[N+](=O)[O-])s1. The average molecular weight is 303 g/mol. The van der Waals surface area contributed by atoms with Crippen LogP contribution < -0.4 is 10.1 Å². The molecule has 0 amide bonds. The maximum absolute atomic E-state index is 11.1. The maximum atomic E-state index is 11.1. The highest BCUT2D eigenvalue weighted by Crippen LogP contribution is 2.35. The Hall–Kier alpha value is -2.59. The van der Waals surface area contributed by atoms with Gasteiger partial charge in [-0.05, 0) is 24.6 Å². The van der Waals surface area contributed by atoms with Crippen LogP contribution in [0.1, 0.15) is 17.4 Å². The van der Waals surface area contributed by atoms with Crippen LogP contribution >= 0.6 is 11.3 Å². The summed E-state index contributed by atoms with van der Waals surface area (Å²) in [6.07, 6.45) is 0.811. The monoisotopic (exact) mass is 303 g/mol. The van der Waals surface area contributed by atoms with Crippen LogP contribution in [0.25, 0.3) is 0 Å². The van der Waals surface area contributed by atoms with Gasteiger partial charge >= 0.3 is 0 Å². The molecule has 1 heterocycles. The number of nitro groups is 1. The van der Waals surface area contributed by atoms with Crippen LogP contribution in [0.2, 0.25) is 0 Å². The van der Waals surface area contributed by atoms with Crippen LogP contribution in [0.5, 0.6) is 5.75 Å². The second-order valence-electron chi connectivity index (χ2n) is 4.19. The molecule has 2 aromatic rings. The number of hydrogen-bond acceptors (Lipinski definition) is 6. The molecule has 0 spiro atoms. The molecule has 0 aliphatic heterocycles. The zero-order valence-electron chi connectivity index (χ0n) is 11.5. The molecule has 0 aliphatic rings. The first kappa shape index (κ1) is 14.8. The summed E-state index contributed by atoms with van der Waals surface area (Å²) in [5.74, 6) is 0.410. The maximum Gasteiger partial charge on any atom is 0.296 e. The third-order valence-electron chi connectivity index (χ3n) is 2.90. The van der Waals surface area contributed by atoms with Gasteiger partial charge in [0, 0.05) is 4.88 Å². The Morgan fingerprint density at radius 1 is 1.48 bits per heavy atom. The molecule has 21 heavy (non-hydrogen) atoms. The van der Waals surface area contributed by atoms with E-state index < -0.39 is 4.92 Å². The normalized spacial score (nSPS) is 9.95. The minimum atomic E-state index is -0.481. The van der Waals surface area contributed by atoms with Gasteiger partial charge in [-0.1, -0.05) is 6.92 Å². The second kappa shape index (κ2) is 6.24. The Labute approximate surface area is 125 Å². The molecule has 0 bridgehead atoms. The number of ether oxygens (including phenoxy) is 1. The summed E-state index contributed by atoms with van der Waals surface area (Å²) in [6, 6.07) is 8.45. The summed E-state index contributed by atoms with van der Waals surface area (Å²) in [7, 11) is 1.45. The number of anilines is 2. The van der Waals surface area contributed by atoms with Gasteiger partial charge < -0.3 is 10.1 Å². The van der Waals surface area contributed by atoms with E-state index in [1.807, 2.05) is 6.92 Å². The number of benzene rings is 1. The van der Waals surface area contributed by atoms with Gasteiger partial charge in [-0.15, -0.1) is 11.3 Å². The molecule has 1 aromatic carbocycles. The number of nitro benzene ring substituents is 1. The zero-order valence-corrected chi connectivity index (χ0v) is 12.4. The number of aryl methyl sites for hydroxylation is 1. The Bertz CT molecular complexity index is 719. The van der Waals surface area contributed by atoms with Crippen molar-refractivity contribution in [1.29, 1.82) is 5.26 Å². The summed E-state index contributed by atoms with van der Waals surface area (Å²) >= 11 is 1.42. The van der Waals surface area contributed by atoms with Crippen molar-refractivity contribution < 1.29 is 9.66 Å². The van der Waals surface area contributed by atoms with E-state index in [0.29, 0.717) is 22.0 Å². The van der Waals surface area contributed by atoms with Crippen LogP contribution in [0.3, 0.4) is 0 Å². The Morgan fingerprint density at radius 2 is 2.24 bits per heavy atom. The van der Waals surface area contributed by atoms with E-state index in [4.69, 9.17) is 10.00 Å². The number of hydrogen-bond donors (Lipinski definition) is 1. The quantitative estimate of drug-likeness (QED) is 0.669. The highest BCUT2D eigenvalue weighted by atomic mass is 32.1. The van der Waals surface area contributed by atoms with Crippen LogP contribution in [0, 0.1) is 21.4 Å². The summed E-state index contributed by atoms with van der Waals surface area (Å²) in [5, 5.41) is 23.9. The summed E-state index contributed by atoms with van der Waals surface area (Å²) in [4.78, 5) is 11.7. The van der Waals surface area contributed by atoms with E-state index in [9.17, 15) is 10.1 Å². The van der Waals surface area contributed by atoms with Gasteiger partial charge in [-0.25, -0.2) is 0 Å². The topological polar surface area (TPSA) is 88.2 Å². The first-order valence-electron chi connectivity index (χ1n) is 6.21. The number of rotatable bonds is 5. The highest BCUT2D eigenvalue weighted by molar-refractivity contribution is 7.16. The number of nitriles is 1. The lowest BCUT2D eigenvalue weighted by molar-refractivity contribution is -0.384. The van der Waals surface area contributed by atoms with Gasteiger partial charge in [0.2, 0.25) is 0 Å². The Kier molecular flexibility index (Phi) is 4.40. The van der Waals surface area contributed by atoms with E-state index in [2.05, 4.69) is 11.4 Å². The first-order chi connectivity index (χ1) is 10.1. The van der Waals surface area contributed by atoms with Crippen molar-refractivity contribution in [3.8, 4) is 11.8 Å². The van der Waals surface area contributed by atoms with E-state index in [-0.39, 0.29) is 5.69 Å². The Balaban J connectivity index is 2.42. The van der Waals surface area contributed by atoms with Gasteiger partial charge in [0.05, 0.1) is 23.7 Å². The van der Waals surface area contributed by atoms with Crippen molar-refractivity contribution in [1.82, 2.24) is 0 Å². The first-order valence-corrected chi connectivity index (χ1v) is 7.03. The molecular formula is C14H13N3O3S. The van der Waals surface area contributed by atoms with Gasteiger partial charge in [0.1, 0.15) is 22.5 Å². The number of methoxy groups -OCH3 is 1. The summed E-state index contributed by atoms with van der Waals surface area (Å²) in [5.41, 5.74) is 0.730. The number of nitrogens with zero attached hydrogens (tertiary/aromatic N) is 2. The van der Waals surface area contributed by atoms with E-state index >= 15 is 0 Å². The molecule has 0 saturated heterocycles. The van der Waals surface area contributed by atoms with Crippen LogP contribution in [-0.4, -0.2) is 12.0 Å². The predicted octanol–water partition coefficient (Wildman–Crippen LogP) is 3.84. The fourth-order valence-electron chi connectivity index (χ4n) is 1.81. The van der Waals surface area contributed by atoms with Crippen LogP contribution in [-0.2, 0) is 6.42 Å². The second-order valence-corrected chi connectivity index (χ2v) is 5.32. The molecule has 108 valence electrons.